The van der Waals surface area contributed by atoms with E-state index >= 15 is 0 Å². The Kier molecular flexibility index (Phi) is 5.65. The van der Waals surface area contributed by atoms with Crippen LogP contribution in [0.4, 0.5) is 0 Å². The normalized spacial score (nSPS) is 16.3. The van der Waals surface area contributed by atoms with E-state index in [2.05, 4.69) is 47.8 Å². The van der Waals surface area contributed by atoms with Gasteiger partial charge in [0.1, 0.15) is 5.75 Å². The van der Waals surface area contributed by atoms with E-state index in [9.17, 15) is 4.79 Å². The zero-order chi connectivity index (χ0) is 15.4. The molecule has 1 heterocycles. The number of amides is 1. The van der Waals surface area contributed by atoms with Gasteiger partial charge in [0, 0.05) is 30.7 Å². The smallest absolute Gasteiger partial charge is 0.260 e. The summed E-state index contributed by atoms with van der Waals surface area (Å²) in [6.45, 7) is 7.80. The van der Waals surface area contributed by atoms with Crippen molar-refractivity contribution in [3.05, 3.63) is 28.2 Å². The number of benzene rings is 1. The summed E-state index contributed by atoms with van der Waals surface area (Å²) >= 11 is 3.48. The van der Waals surface area contributed by atoms with Crippen LogP contribution in [0.3, 0.4) is 0 Å². The lowest BCUT2D eigenvalue weighted by Crippen LogP contribution is -2.48. The average molecular weight is 355 g/mol. The van der Waals surface area contributed by atoms with Crippen LogP contribution in [0.25, 0.3) is 0 Å². The van der Waals surface area contributed by atoms with Crippen LogP contribution < -0.4 is 4.74 Å². The third-order valence-corrected chi connectivity index (χ3v) is 4.29. The highest BCUT2D eigenvalue weighted by atomic mass is 79.9. The maximum atomic E-state index is 12.2. The molecule has 2 rings (SSSR count). The molecule has 1 aromatic rings. The standard InChI is InChI=1S/C16H23BrN2O2/c1-12(2)14-10-13(17)4-5-15(14)21-11-16(20)19-8-6-18(3)7-9-19/h4-5,10,12H,6-9,11H2,1-3H3. The fourth-order valence-corrected chi connectivity index (χ4v) is 2.77. The number of carbonyl (C=O) groups is 1. The quantitative estimate of drug-likeness (QED) is 0.833. The SMILES string of the molecule is CC(C)c1cc(Br)ccc1OCC(=O)N1CCN(C)CC1. The summed E-state index contributed by atoms with van der Waals surface area (Å²) in [5, 5.41) is 0. The van der Waals surface area contributed by atoms with Crippen molar-refractivity contribution >= 4 is 21.8 Å². The molecule has 0 spiro atoms. The summed E-state index contributed by atoms with van der Waals surface area (Å²) in [6, 6.07) is 5.93. The van der Waals surface area contributed by atoms with Crippen LogP contribution in [0.5, 0.6) is 5.75 Å². The molecule has 0 saturated carbocycles. The minimum Gasteiger partial charge on any atom is -0.483 e. The Morgan fingerprint density at radius 3 is 2.57 bits per heavy atom. The summed E-state index contributed by atoms with van der Waals surface area (Å²) < 4.78 is 6.80. The van der Waals surface area contributed by atoms with Gasteiger partial charge in [0.05, 0.1) is 0 Å². The van der Waals surface area contributed by atoms with Crippen molar-refractivity contribution in [1.29, 1.82) is 0 Å². The lowest BCUT2D eigenvalue weighted by atomic mass is 10.0. The molecule has 1 aliphatic rings. The second kappa shape index (κ2) is 7.27. The molecule has 1 saturated heterocycles. The first-order valence-corrected chi connectivity index (χ1v) is 8.15. The zero-order valence-electron chi connectivity index (χ0n) is 12.9. The number of likely N-dealkylation sites (N-methyl/N-ethyl adjacent to an activating group) is 1. The first-order valence-electron chi connectivity index (χ1n) is 7.36. The number of halogens is 1. The van der Waals surface area contributed by atoms with Crippen LogP contribution in [0.2, 0.25) is 0 Å². The van der Waals surface area contributed by atoms with Gasteiger partial charge < -0.3 is 14.5 Å². The molecular weight excluding hydrogens is 332 g/mol. The van der Waals surface area contributed by atoms with E-state index in [1.54, 1.807) is 0 Å². The maximum absolute atomic E-state index is 12.2. The number of carbonyl (C=O) groups excluding carboxylic acids is 1. The van der Waals surface area contributed by atoms with Gasteiger partial charge in [-0.3, -0.25) is 4.79 Å². The zero-order valence-corrected chi connectivity index (χ0v) is 14.5. The topological polar surface area (TPSA) is 32.8 Å². The van der Waals surface area contributed by atoms with Gasteiger partial charge in [-0.25, -0.2) is 0 Å². The highest BCUT2D eigenvalue weighted by Crippen LogP contribution is 2.29. The highest BCUT2D eigenvalue weighted by Gasteiger charge is 2.20. The van der Waals surface area contributed by atoms with Gasteiger partial charge in [-0.15, -0.1) is 0 Å². The first kappa shape index (κ1) is 16.3. The molecule has 4 nitrogen and oxygen atoms in total. The molecule has 0 atom stereocenters. The van der Waals surface area contributed by atoms with Gasteiger partial charge in [-0.05, 0) is 36.7 Å². The maximum Gasteiger partial charge on any atom is 0.260 e. The van der Waals surface area contributed by atoms with Crippen molar-refractivity contribution in [2.45, 2.75) is 19.8 Å². The third kappa shape index (κ3) is 4.45. The third-order valence-electron chi connectivity index (χ3n) is 3.80. The molecule has 1 amide bonds. The van der Waals surface area contributed by atoms with Gasteiger partial charge in [-0.1, -0.05) is 29.8 Å². The van der Waals surface area contributed by atoms with Gasteiger partial charge in [0.2, 0.25) is 0 Å². The lowest BCUT2D eigenvalue weighted by Gasteiger charge is -2.32. The molecule has 0 aromatic heterocycles. The van der Waals surface area contributed by atoms with E-state index in [0.29, 0.717) is 5.92 Å². The van der Waals surface area contributed by atoms with Crippen LogP contribution in [0.1, 0.15) is 25.3 Å². The van der Waals surface area contributed by atoms with Gasteiger partial charge in [0.25, 0.3) is 5.91 Å². The monoisotopic (exact) mass is 354 g/mol. The largest absolute Gasteiger partial charge is 0.483 e. The molecule has 1 aliphatic heterocycles. The van der Waals surface area contributed by atoms with E-state index in [1.807, 2.05) is 17.0 Å². The summed E-state index contributed by atoms with van der Waals surface area (Å²) in [4.78, 5) is 16.3. The van der Waals surface area contributed by atoms with Crippen LogP contribution >= 0.6 is 15.9 Å². The fourth-order valence-electron chi connectivity index (χ4n) is 2.39. The second-order valence-corrected chi connectivity index (χ2v) is 6.73. The Labute approximate surface area is 135 Å². The molecule has 0 aliphatic carbocycles. The molecule has 1 fully saturated rings. The predicted molar refractivity (Wildman–Crippen MR) is 87.8 cm³/mol. The number of rotatable bonds is 4. The molecule has 116 valence electrons. The molecule has 5 heteroatoms. The van der Waals surface area contributed by atoms with Crippen molar-refractivity contribution < 1.29 is 9.53 Å². The minimum absolute atomic E-state index is 0.0701. The van der Waals surface area contributed by atoms with Crippen LogP contribution in [0, 0.1) is 0 Å². The molecule has 0 bridgehead atoms. The molecule has 21 heavy (non-hydrogen) atoms. The van der Waals surface area contributed by atoms with E-state index in [1.165, 1.54) is 0 Å². The molecule has 1 aromatic carbocycles. The Hall–Kier alpha value is -1.07. The van der Waals surface area contributed by atoms with Crippen molar-refractivity contribution in [2.75, 3.05) is 39.8 Å². The molecular formula is C16H23BrN2O2. The van der Waals surface area contributed by atoms with Gasteiger partial charge in [0.15, 0.2) is 6.61 Å². The van der Waals surface area contributed by atoms with Gasteiger partial charge >= 0.3 is 0 Å². The number of nitrogens with zero attached hydrogens (tertiary/aromatic N) is 2. The molecule has 0 unspecified atom stereocenters. The van der Waals surface area contributed by atoms with Crippen LogP contribution in [-0.2, 0) is 4.79 Å². The predicted octanol–water partition coefficient (Wildman–Crippen LogP) is 2.73. The molecule has 0 radical (unpaired) electrons. The van der Waals surface area contributed by atoms with E-state index in [4.69, 9.17) is 4.74 Å². The fraction of sp³-hybridized carbons (Fsp3) is 0.562. The highest BCUT2D eigenvalue weighted by molar-refractivity contribution is 9.10. The first-order chi connectivity index (χ1) is 9.97. The van der Waals surface area contributed by atoms with Crippen LogP contribution in [-0.4, -0.2) is 55.5 Å². The van der Waals surface area contributed by atoms with Crippen molar-refractivity contribution in [1.82, 2.24) is 9.80 Å². The average Bonchev–Trinajstić information content (AvgIpc) is 2.46. The van der Waals surface area contributed by atoms with E-state index in [0.717, 1.165) is 42.0 Å². The number of hydrogen-bond donors (Lipinski definition) is 0. The van der Waals surface area contributed by atoms with E-state index in [-0.39, 0.29) is 12.5 Å². The summed E-state index contributed by atoms with van der Waals surface area (Å²) in [5.74, 6) is 1.23. The van der Waals surface area contributed by atoms with Crippen LogP contribution in [0.15, 0.2) is 22.7 Å². The summed E-state index contributed by atoms with van der Waals surface area (Å²) in [5.41, 5.74) is 1.12. The Morgan fingerprint density at radius 1 is 1.29 bits per heavy atom. The summed E-state index contributed by atoms with van der Waals surface area (Å²) in [7, 11) is 2.08. The van der Waals surface area contributed by atoms with E-state index < -0.39 is 0 Å². The van der Waals surface area contributed by atoms with Gasteiger partial charge in [-0.2, -0.15) is 0 Å². The number of hydrogen-bond acceptors (Lipinski definition) is 3. The van der Waals surface area contributed by atoms with Crippen molar-refractivity contribution in [3.8, 4) is 5.75 Å². The molecule has 0 N–H and O–H groups in total. The lowest BCUT2D eigenvalue weighted by molar-refractivity contribution is -0.134. The minimum atomic E-state index is 0.0701. The van der Waals surface area contributed by atoms with Crippen molar-refractivity contribution in [3.63, 3.8) is 0 Å². The Balaban J connectivity index is 1.95. The number of ether oxygens (including phenoxy) is 1. The van der Waals surface area contributed by atoms with Crippen molar-refractivity contribution in [2.24, 2.45) is 0 Å². The number of piperazine rings is 1. The second-order valence-electron chi connectivity index (χ2n) is 5.81. The summed E-state index contributed by atoms with van der Waals surface area (Å²) in [6.07, 6.45) is 0. The Morgan fingerprint density at radius 2 is 1.95 bits per heavy atom. The Bertz CT molecular complexity index is 497.